The number of hydrogen-bond donors (Lipinski definition) is 0. The van der Waals surface area contributed by atoms with Crippen LogP contribution in [0.25, 0.3) is 0 Å². The van der Waals surface area contributed by atoms with E-state index in [1.165, 1.54) is 70.3 Å². The number of halogens is 2. The number of benzene rings is 1. The molecule has 3 fully saturated rings. The molecule has 0 N–H and O–H groups in total. The van der Waals surface area contributed by atoms with E-state index in [9.17, 15) is 8.78 Å². The molecular formula is C28H38F2. The maximum Gasteiger partial charge on any atom is 0.162 e. The minimum Gasteiger partial charge on any atom is -0.204 e. The van der Waals surface area contributed by atoms with Crippen LogP contribution in [0.1, 0.15) is 81.8 Å². The zero-order chi connectivity index (χ0) is 20.7. The highest BCUT2D eigenvalue weighted by atomic mass is 19.2. The molecule has 0 saturated heterocycles. The highest BCUT2D eigenvalue weighted by Crippen LogP contribution is 2.51. The lowest BCUT2D eigenvalue weighted by Gasteiger charge is -2.47. The van der Waals surface area contributed by atoms with Gasteiger partial charge in [-0.15, -0.1) is 6.58 Å². The Morgan fingerprint density at radius 2 is 1.27 bits per heavy atom. The smallest absolute Gasteiger partial charge is 0.162 e. The van der Waals surface area contributed by atoms with Gasteiger partial charge in [0.2, 0.25) is 0 Å². The third-order valence-electron chi connectivity index (χ3n) is 9.72. The van der Waals surface area contributed by atoms with Gasteiger partial charge in [0, 0.05) is 0 Å². The van der Waals surface area contributed by atoms with Crippen LogP contribution < -0.4 is 0 Å². The van der Waals surface area contributed by atoms with Gasteiger partial charge in [-0.1, -0.05) is 12.1 Å². The number of fused-ring (bicyclic) bond motifs is 2. The van der Waals surface area contributed by atoms with Crippen molar-refractivity contribution in [2.45, 2.75) is 83.5 Å². The van der Waals surface area contributed by atoms with E-state index in [0.29, 0.717) is 11.5 Å². The lowest BCUT2D eigenvalue weighted by Crippen LogP contribution is -2.37. The molecule has 0 heterocycles. The van der Waals surface area contributed by atoms with E-state index in [1.54, 1.807) is 0 Å². The van der Waals surface area contributed by atoms with E-state index in [4.69, 9.17) is 0 Å². The van der Waals surface area contributed by atoms with Crippen molar-refractivity contribution >= 4 is 0 Å². The molecule has 0 bridgehead atoms. The molecule has 0 spiro atoms. The Morgan fingerprint density at radius 1 is 0.700 bits per heavy atom. The van der Waals surface area contributed by atoms with Gasteiger partial charge in [-0.25, -0.2) is 8.78 Å². The first-order valence-electron chi connectivity index (χ1n) is 12.7. The van der Waals surface area contributed by atoms with E-state index < -0.39 is 11.6 Å². The fraction of sp³-hybridized carbons (Fsp3) is 0.714. The molecule has 5 rings (SSSR count). The molecule has 3 saturated carbocycles. The SMILES string of the molecule is C=CC1CCC(C2CCC3CC(C4CCc5c(ccc(F)c5F)C4)CCC3C2)CC1. The van der Waals surface area contributed by atoms with Crippen molar-refractivity contribution in [3.63, 3.8) is 0 Å². The second-order valence-electron chi connectivity index (χ2n) is 11.1. The predicted octanol–water partition coefficient (Wildman–Crippen LogP) is 7.89. The molecule has 4 aliphatic rings. The van der Waals surface area contributed by atoms with Gasteiger partial charge >= 0.3 is 0 Å². The Morgan fingerprint density at radius 3 is 1.90 bits per heavy atom. The van der Waals surface area contributed by atoms with Crippen molar-refractivity contribution < 1.29 is 8.78 Å². The normalized spacial score (nSPS) is 39.1. The number of hydrogen-bond acceptors (Lipinski definition) is 0. The fourth-order valence-corrected chi connectivity index (χ4v) is 7.88. The summed E-state index contributed by atoms with van der Waals surface area (Å²) >= 11 is 0. The highest BCUT2D eigenvalue weighted by Gasteiger charge is 2.40. The number of allylic oxidation sites excluding steroid dienone is 1. The molecule has 5 atom stereocenters. The van der Waals surface area contributed by atoms with E-state index in [0.717, 1.165) is 60.3 Å². The zero-order valence-corrected chi connectivity index (χ0v) is 18.4. The van der Waals surface area contributed by atoms with Gasteiger partial charge < -0.3 is 0 Å². The molecule has 30 heavy (non-hydrogen) atoms. The lowest BCUT2D eigenvalue weighted by atomic mass is 9.59. The van der Waals surface area contributed by atoms with Crippen LogP contribution in [0.4, 0.5) is 8.78 Å². The number of rotatable bonds is 3. The Labute approximate surface area is 181 Å². The molecule has 164 valence electrons. The van der Waals surface area contributed by atoms with Gasteiger partial charge in [-0.05, 0) is 142 Å². The molecule has 2 heteroatoms. The summed E-state index contributed by atoms with van der Waals surface area (Å²) in [5, 5.41) is 0. The molecule has 0 amide bonds. The molecule has 5 unspecified atom stereocenters. The van der Waals surface area contributed by atoms with Gasteiger partial charge in [-0.3, -0.25) is 0 Å². The summed E-state index contributed by atoms with van der Waals surface area (Å²) in [4.78, 5) is 0. The van der Waals surface area contributed by atoms with Crippen LogP contribution in [0.15, 0.2) is 24.8 Å². The quantitative estimate of drug-likeness (QED) is 0.443. The van der Waals surface area contributed by atoms with Crippen molar-refractivity contribution in [3.05, 3.63) is 47.5 Å². The summed E-state index contributed by atoms with van der Waals surface area (Å²) in [5.41, 5.74) is 1.73. The average Bonchev–Trinajstić information content (AvgIpc) is 2.80. The first kappa shape index (κ1) is 20.7. The molecule has 0 aliphatic heterocycles. The van der Waals surface area contributed by atoms with E-state index in [-0.39, 0.29) is 0 Å². The molecule has 4 aliphatic carbocycles. The summed E-state index contributed by atoms with van der Waals surface area (Å²) in [7, 11) is 0. The van der Waals surface area contributed by atoms with Crippen LogP contribution in [0, 0.1) is 53.1 Å². The summed E-state index contributed by atoms with van der Waals surface area (Å²) in [6, 6.07) is 3.18. The van der Waals surface area contributed by atoms with Gasteiger partial charge in [0.15, 0.2) is 11.6 Å². The van der Waals surface area contributed by atoms with Crippen LogP contribution >= 0.6 is 0 Å². The van der Waals surface area contributed by atoms with Crippen molar-refractivity contribution in [2.24, 2.45) is 41.4 Å². The summed E-state index contributed by atoms with van der Waals surface area (Å²) in [5.74, 6) is 4.83. The topological polar surface area (TPSA) is 0 Å². The molecular weight excluding hydrogens is 374 g/mol. The van der Waals surface area contributed by atoms with Gasteiger partial charge in [0.1, 0.15) is 0 Å². The van der Waals surface area contributed by atoms with Crippen LogP contribution in [-0.2, 0) is 12.8 Å². The highest BCUT2D eigenvalue weighted by molar-refractivity contribution is 5.32. The second-order valence-corrected chi connectivity index (χ2v) is 11.1. The van der Waals surface area contributed by atoms with E-state index >= 15 is 0 Å². The molecule has 1 aromatic carbocycles. The third kappa shape index (κ3) is 4.00. The maximum absolute atomic E-state index is 14.1. The molecule has 0 nitrogen and oxygen atoms in total. The van der Waals surface area contributed by atoms with E-state index in [2.05, 4.69) is 12.7 Å². The van der Waals surface area contributed by atoms with Crippen molar-refractivity contribution in [3.8, 4) is 0 Å². The Kier molecular flexibility index (Phi) is 6.04. The predicted molar refractivity (Wildman–Crippen MR) is 119 cm³/mol. The first-order valence-corrected chi connectivity index (χ1v) is 12.7. The van der Waals surface area contributed by atoms with Gasteiger partial charge in [0.25, 0.3) is 0 Å². The molecule has 0 aromatic heterocycles. The summed E-state index contributed by atoms with van der Waals surface area (Å²) in [6.45, 7) is 4.01. The first-order chi connectivity index (χ1) is 14.6. The molecule has 1 aromatic rings. The maximum atomic E-state index is 14.1. The lowest BCUT2D eigenvalue weighted by molar-refractivity contribution is 0.0459. The standard InChI is InChI=1S/C28H38F2/c1-2-18-3-5-19(6-4-18)20-7-8-22-16-23(10-9-21(22)15-20)24-11-13-26-25(17-24)12-14-27(29)28(26)30/h2,12,14,18-24H,1,3-11,13,15-17H2. The van der Waals surface area contributed by atoms with Crippen molar-refractivity contribution in [1.82, 2.24) is 0 Å². The van der Waals surface area contributed by atoms with Crippen molar-refractivity contribution in [1.29, 1.82) is 0 Å². The molecule has 0 radical (unpaired) electrons. The second kappa shape index (κ2) is 8.75. The van der Waals surface area contributed by atoms with Crippen molar-refractivity contribution in [2.75, 3.05) is 0 Å². The monoisotopic (exact) mass is 412 g/mol. The zero-order valence-electron chi connectivity index (χ0n) is 18.4. The Hall–Kier alpha value is -1.18. The van der Waals surface area contributed by atoms with Gasteiger partial charge in [-0.2, -0.15) is 0 Å². The van der Waals surface area contributed by atoms with E-state index in [1.807, 2.05) is 6.07 Å². The van der Waals surface area contributed by atoms with Crippen LogP contribution in [0.2, 0.25) is 0 Å². The fourth-order valence-electron chi connectivity index (χ4n) is 7.88. The third-order valence-corrected chi connectivity index (χ3v) is 9.72. The minimum absolute atomic E-state index is 0.588. The van der Waals surface area contributed by atoms with Crippen LogP contribution in [0.5, 0.6) is 0 Å². The van der Waals surface area contributed by atoms with Gasteiger partial charge in [0.05, 0.1) is 0 Å². The largest absolute Gasteiger partial charge is 0.204 e. The summed E-state index contributed by atoms with van der Waals surface area (Å²) < 4.78 is 27.7. The van der Waals surface area contributed by atoms with Crippen LogP contribution in [-0.4, -0.2) is 0 Å². The van der Waals surface area contributed by atoms with Crippen LogP contribution in [0.3, 0.4) is 0 Å². The Balaban J connectivity index is 1.16. The Bertz CT molecular complexity index is 760. The average molecular weight is 413 g/mol. The summed E-state index contributed by atoms with van der Waals surface area (Å²) in [6.07, 6.45) is 19.1. The minimum atomic E-state index is -0.678.